The topological polar surface area (TPSA) is 151 Å². The molecule has 0 atom stereocenters. The molecule has 50 heavy (non-hydrogen) atoms. The quantitative estimate of drug-likeness (QED) is 0.179. The number of piperazine rings is 1. The first-order chi connectivity index (χ1) is 23.7. The molecule has 1 aliphatic heterocycles. The van der Waals surface area contributed by atoms with Gasteiger partial charge in [0, 0.05) is 67.0 Å². The highest BCUT2D eigenvalue weighted by Gasteiger charge is 2.23. The Morgan fingerprint density at radius 1 is 0.840 bits per heavy atom. The standard InChI is InChI=1S/C36H40N8O5S/c1-36(2,3)31-23-33(44(41-31)24-10-12-26(13-11-24)50(5,47)48)40-34(45)38-29-14-15-30(28-9-7-6-8-27(28)29)49-25-16-17-37-32(22-25)39-35(46)43-20-18-42(4)19-21-43/h6-17,22-23H,18-21H2,1-5H3,(H,37,39,46)(H2,38,40,45). The van der Waals surface area contributed by atoms with Crippen LogP contribution in [-0.2, 0) is 15.3 Å². The van der Waals surface area contributed by atoms with E-state index in [0.717, 1.165) is 35.8 Å². The maximum atomic E-state index is 13.5. The van der Waals surface area contributed by atoms with Gasteiger partial charge in [-0.15, -0.1) is 0 Å². The first-order valence-electron chi connectivity index (χ1n) is 16.1. The molecule has 1 fully saturated rings. The molecule has 0 spiro atoms. The van der Waals surface area contributed by atoms with Crippen LogP contribution in [-0.4, -0.2) is 84.5 Å². The lowest BCUT2D eigenvalue weighted by molar-refractivity contribution is 0.164. The predicted molar refractivity (Wildman–Crippen MR) is 194 cm³/mol. The number of nitrogens with one attached hydrogen (secondary N) is 3. The Hall–Kier alpha value is -5.47. The van der Waals surface area contributed by atoms with Gasteiger partial charge in [0.15, 0.2) is 9.84 Å². The molecule has 0 unspecified atom stereocenters. The largest absolute Gasteiger partial charge is 0.457 e. The van der Waals surface area contributed by atoms with E-state index < -0.39 is 15.9 Å². The number of nitrogens with zero attached hydrogens (tertiary/aromatic N) is 5. The zero-order chi connectivity index (χ0) is 35.6. The van der Waals surface area contributed by atoms with Crippen molar-refractivity contribution in [3.05, 3.63) is 90.8 Å². The number of fused-ring (bicyclic) bond motifs is 1. The number of anilines is 3. The van der Waals surface area contributed by atoms with Crippen molar-refractivity contribution >= 4 is 50.0 Å². The second-order valence-electron chi connectivity index (χ2n) is 13.3. The Morgan fingerprint density at radius 2 is 1.54 bits per heavy atom. The average molecular weight is 697 g/mol. The molecule has 260 valence electrons. The van der Waals surface area contributed by atoms with E-state index >= 15 is 0 Å². The minimum atomic E-state index is -3.37. The van der Waals surface area contributed by atoms with Gasteiger partial charge in [0.25, 0.3) is 0 Å². The van der Waals surface area contributed by atoms with Gasteiger partial charge in [-0.25, -0.2) is 27.7 Å². The number of rotatable bonds is 7. The van der Waals surface area contributed by atoms with Crippen molar-refractivity contribution < 1.29 is 22.7 Å². The van der Waals surface area contributed by atoms with Crippen LogP contribution in [0.1, 0.15) is 26.5 Å². The molecular formula is C36H40N8O5S. The number of benzene rings is 3. The Kier molecular flexibility index (Phi) is 9.49. The zero-order valence-electron chi connectivity index (χ0n) is 28.6. The van der Waals surface area contributed by atoms with Gasteiger partial charge in [0.1, 0.15) is 23.1 Å². The minimum absolute atomic E-state index is 0.188. The lowest BCUT2D eigenvalue weighted by atomic mass is 9.92. The van der Waals surface area contributed by atoms with Crippen LogP contribution in [0.2, 0.25) is 0 Å². The first kappa shape index (κ1) is 34.4. The molecule has 3 heterocycles. The summed E-state index contributed by atoms with van der Waals surface area (Å²) in [4.78, 5) is 34.7. The summed E-state index contributed by atoms with van der Waals surface area (Å²) in [5.41, 5.74) is 1.57. The van der Waals surface area contributed by atoms with Gasteiger partial charge in [0.2, 0.25) is 0 Å². The molecule has 2 aromatic heterocycles. The van der Waals surface area contributed by atoms with Crippen LogP contribution in [0.4, 0.5) is 26.9 Å². The maximum Gasteiger partial charge on any atom is 0.324 e. The smallest absolute Gasteiger partial charge is 0.324 e. The van der Waals surface area contributed by atoms with E-state index in [4.69, 9.17) is 9.84 Å². The van der Waals surface area contributed by atoms with Crippen LogP contribution in [0, 0.1) is 0 Å². The SMILES string of the molecule is CN1CCN(C(=O)Nc2cc(Oc3ccc(NC(=O)Nc4cc(C(C)(C)C)nn4-c4ccc(S(C)(=O)=O)cc4)c4ccccc34)ccn2)CC1. The van der Waals surface area contributed by atoms with Crippen LogP contribution in [0.5, 0.6) is 11.5 Å². The summed E-state index contributed by atoms with van der Waals surface area (Å²) in [5.74, 6) is 1.84. The summed E-state index contributed by atoms with van der Waals surface area (Å²) in [6, 6.07) is 21.9. The number of ether oxygens (including phenoxy) is 1. The van der Waals surface area contributed by atoms with E-state index in [1.807, 2.05) is 52.1 Å². The lowest BCUT2D eigenvalue weighted by Crippen LogP contribution is -2.48. The molecule has 13 nitrogen and oxygen atoms in total. The maximum absolute atomic E-state index is 13.5. The van der Waals surface area contributed by atoms with E-state index in [9.17, 15) is 18.0 Å². The van der Waals surface area contributed by atoms with Crippen molar-refractivity contribution in [1.29, 1.82) is 0 Å². The zero-order valence-corrected chi connectivity index (χ0v) is 29.4. The average Bonchev–Trinajstić information content (AvgIpc) is 3.50. The second kappa shape index (κ2) is 13.8. The molecule has 0 bridgehead atoms. The lowest BCUT2D eigenvalue weighted by Gasteiger charge is -2.32. The van der Waals surface area contributed by atoms with Gasteiger partial charge < -0.3 is 19.9 Å². The molecular weight excluding hydrogens is 657 g/mol. The summed E-state index contributed by atoms with van der Waals surface area (Å²) < 4.78 is 31.8. The highest BCUT2D eigenvalue weighted by Crippen LogP contribution is 2.35. The number of amides is 4. The third kappa shape index (κ3) is 7.87. The second-order valence-corrected chi connectivity index (χ2v) is 15.3. The minimum Gasteiger partial charge on any atom is -0.457 e. The number of carbonyl (C=O) groups is 2. The van der Waals surface area contributed by atoms with Gasteiger partial charge in [-0.2, -0.15) is 5.10 Å². The van der Waals surface area contributed by atoms with E-state index in [1.165, 1.54) is 12.1 Å². The van der Waals surface area contributed by atoms with Crippen LogP contribution in [0.25, 0.3) is 16.5 Å². The van der Waals surface area contributed by atoms with Gasteiger partial charge in [0.05, 0.1) is 22.0 Å². The van der Waals surface area contributed by atoms with Gasteiger partial charge >= 0.3 is 12.1 Å². The third-order valence-corrected chi connectivity index (χ3v) is 9.47. The van der Waals surface area contributed by atoms with E-state index in [1.54, 1.807) is 58.2 Å². The Morgan fingerprint density at radius 3 is 2.22 bits per heavy atom. The first-order valence-corrected chi connectivity index (χ1v) is 18.0. The van der Waals surface area contributed by atoms with Crippen LogP contribution >= 0.6 is 0 Å². The Labute approximate surface area is 291 Å². The molecule has 0 radical (unpaired) electrons. The number of hydrogen-bond acceptors (Lipinski definition) is 8. The highest BCUT2D eigenvalue weighted by atomic mass is 32.2. The molecule has 5 aromatic rings. The summed E-state index contributed by atoms with van der Waals surface area (Å²) in [5, 5.41) is 15.0. The molecule has 1 saturated heterocycles. The van der Waals surface area contributed by atoms with Crippen molar-refractivity contribution in [3.63, 3.8) is 0 Å². The molecule has 3 aromatic carbocycles. The number of carbonyl (C=O) groups excluding carboxylic acids is 2. The molecule has 6 rings (SSSR count). The predicted octanol–water partition coefficient (Wildman–Crippen LogP) is 6.34. The fourth-order valence-electron chi connectivity index (χ4n) is 5.48. The normalized spacial score (nSPS) is 14.0. The number of sulfone groups is 1. The fraction of sp³-hybridized carbons (Fsp3) is 0.278. The van der Waals surface area contributed by atoms with E-state index in [0.29, 0.717) is 47.6 Å². The van der Waals surface area contributed by atoms with Crippen molar-refractivity contribution in [1.82, 2.24) is 24.6 Å². The highest BCUT2D eigenvalue weighted by molar-refractivity contribution is 7.90. The number of aromatic nitrogens is 3. The van der Waals surface area contributed by atoms with Gasteiger partial charge in [-0.3, -0.25) is 10.6 Å². The summed E-state index contributed by atoms with van der Waals surface area (Å²) in [7, 11) is -1.34. The monoisotopic (exact) mass is 696 g/mol. The fourth-order valence-corrected chi connectivity index (χ4v) is 6.11. The molecule has 0 saturated carbocycles. The summed E-state index contributed by atoms with van der Waals surface area (Å²) in [6.07, 6.45) is 2.73. The number of pyridine rings is 1. The van der Waals surface area contributed by atoms with Crippen molar-refractivity contribution in [2.24, 2.45) is 0 Å². The summed E-state index contributed by atoms with van der Waals surface area (Å²) >= 11 is 0. The third-order valence-electron chi connectivity index (χ3n) is 8.35. The van der Waals surface area contributed by atoms with Crippen molar-refractivity contribution in [2.45, 2.75) is 31.1 Å². The summed E-state index contributed by atoms with van der Waals surface area (Å²) in [6.45, 7) is 8.97. The molecule has 0 aliphatic carbocycles. The van der Waals surface area contributed by atoms with E-state index in [-0.39, 0.29) is 16.3 Å². The van der Waals surface area contributed by atoms with Gasteiger partial charge in [-0.1, -0.05) is 45.0 Å². The van der Waals surface area contributed by atoms with E-state index in [2.05, 4.69) is 25.8 Å². The molecule has 4 amide bonds. The van der Waals surface area contributed by atoms with Crippen LogP contribution in [0.3, 0.4) is 0 Å². The molecule has 1 aliphatic rings. The molecule has 14 heteroatoms. The number of likely N-dealkylation sites (N-methyl/N-ethyl adjacent to an activating group) is 1. The number of urea groups is 2. The number of hydrogen-bond donors (Lipinski definition) is 3. The van der Waals surface area contributed by atoms with Crippen LogP contribution in [0.15, 0.2) is 90.0 Å². The Bertz CT molecular complexity index is 2150. The van der Waals surface area contributed by atoms with Crippen molar-refractivity contribution in [3.8, 4) is 17.2 Å². The van der Waals surface area contributed by atoms with Crippen molar-refractivity contribution in [2.75, 3.05) is 55.4 Å². The Balaban J connectivity index is 1.20. The molecule has 3 N–H and O–H groups in total. The van der Waals surface area contributed by atoms with Crippen LogP contribution < -0.4 is 20.7 Å². The van der Waals surface area contributed by atoms with Gasteiger partial charge in [-0.05, 0) is 49.5 Å².